The van der Waals surface area contributed by atoms with E-state index in [4.69, 9.17) is 23.7 Å². The molecular weight excluding hydrogens is 598 g/mol. The van der Waals surface area contributed by atoms with E-state index in [1.54, 1.807) is 6.07 Å². The van der Waals surface area contributed by atoms with E-state index < -0.39 is 29.7 Å². The summed E-state index contributed by atoms with van der Waals surface area (Å²) in [4.78, 5) is 42.7. The molecule has 3 aromatic carbocycles. The molecule has 47 heavy (non-hydrogen) atoms. The Labute approximate surface area is 275 Å². The fourth-order valence-corrected chi connectivity index (χ4v) is 5.76. The lowest BCUT2D eigenvalue weighted by atomic mass is 9.91. The average molecular weight is 640 g/mol. The minimum atomic E-state index is -1.20. The van der Waals surface area contributed by atoms with Gasteiger partial charge >= 0.3 is 6.09 Å². The first-order valence-corrected chi connectivity index (χ1v) is 16.0. The van der Waals surface area contributed by atoms with Crippen LogP contribution < -0.4 is 0 Å². The van der Waals surface area contributed by atoms with E-state index >= 15 is 0 Å². The van der Waals surface area contributed by atoms with Crippen molar-refractivity contribution in [2.24, 2.45) is 5.92 Å². The van der Waals surface area contributed by atoms with Crippen molar-refractivity contribution in [3.05, 3.63) is 119 Å². The lowest BCUT2D eigenvalue weighted by Gasteiger charge is -2.24. The van der Waals surface area contributed by atoms with E-state index in [1.165, 1.54) is 0 Å². The maximum Gasteiger partial charge on any atom is 0.417 e. The van der Waals surface area contributed by atoms with Crippen LogP contribution in [0, 0.1) is 12.8 Å². The second kappa shape index (κ2) is 16.8. The number of aryl methyl sites for hydroxylation is 2. The smallest absolute Gasteiger partial charge is 0.417 e. The molecule has 4 aromatic rings. The van der Waals surface area contributed by atoms with Crippen LogP contribution in [0.15, 0.2) is 95.4 Å². The zero-order chi connectivity index (χ0) is 33.0. The van der Waals surface area contributed by atoms with E-state index in [2.05, 4.69) is 0 Å². The van der Waals surface area contributed by atoms with Crippen molar-refractivity contribution in [3.8, 4) is 11.1 Å². The number of carbonyl (C=O) groups is 3. The van der Waals surface area contributed by atoms with Gasteiger partial charge in [0.2, 0.25) is 11.7 Å². The number of furan rings is 1. The highest BCUT2D eigenvalue weighted by molar-refractivity contribution is 6.12. The highest BCUT2D eigenvalue weighted by atomic mass is 16.6. The number of cyclic esters (lactones) is 1. The third-order valence-electron chi connectivity index (χ3n) is 8.09. The maximum absolute atomic E-state index is 14.3. The minimum absolute atomic E-state index is 0.0323. The number of rotatable bonds is 17. The van der Waals surface area contributed by atoms with Crippen LogP contribution in [0.25, 0.3) is 11.1 Å². The Morgan fingerprint density at radius 3 is 2.30 bits per heavy atom. The van der Waals surface area contributed by atoms with E-state index in [9.17, 15) is 14.4 Å². The largest absolute Gasteiger partial charge is 0.457 e. The summed E-state index contributed by atoms with van der Waals surface area (Å²) in [5.74, 6) is -1.61. The summed E-state index contributed by atoms with van der Waals surface area (Å²) in [6.45, 7) is 3.54. The number of carbonyl (C=O) groups excluding carboxylic acids is 3. The summed E-state index contributed by atoms with van der Waals surface area (Å²) in [7, 11) is 0. The van der Waals surface area contributed by atoms with Crippen molar-refractivity contribution in [2.45, 2.75) is 38.6 Å². The molecule has 5 rings (SSSR count). The Morgan fingerprint density at radius 2 is 1.60 bits per heavy atom. The molecule has 2 atom stereocenters. The number of nitrogens with zero attached hydrogens (tertiary/aromatic N) is 1. The van der Waals surface area contributed by atoms with Crippen molar-refractivity contribution >= 4 is 17.8 Å². The summed E-state index contributed by atoms with van der Waals surface area (Å²) < 4.78 is 22.5. The van der Waals surface area contributed by atoms with Gasteiger partial charge in [-0.2, -0.15) is 0 Å². The number of ether oxygens (including phenoxy) is 3. The van der Waals surface area contributed by atoms with Crippen molar-refractivity contribution in [1.29, 1.82) is 0 Å². The van der Waals surface area contributed by atoms with Gasteiger partial charge in [0.25, 0.3) is 0 Å². The van der Waals surface area contributed by atoms with E-state index in [-0.39, 0.29) is 32.0 Å². The van der Waals surface area contributed by atoms with Gasteiger partial charge in [0.05, 0.1) is 32.5 Å². The van der Waals surface area contributed by atoms with Gasteiger partial charge in [-0.15, -0.1) is 0 Å². The van der Waals surface area contributed by atoms with Crippen molar-refractivity contribution in [2.75, 3.05) is 39.6 Å². The summed E-state index contributed by atoms with van der Waals surface area (Å²) >= 11 is 0. The van der Waals surface area contributed by atoms with E-state index in [0.29, 0.717) is 44.8 Å². The second-order valence-electron chi connectivity index (χ2n) is 11.6. The summed E-state index contributed by atoms with van der Waals surface area (Å²) in [6.07, 6.45) is 0.908. The Morgan fingerprint density at radius 1 is 0.894 bits per heavy atom. The van der Waals surface area contributed by atoms with Crippen LogP contribution in [0.3, 0.4) is 0 Å². The molecule has 0 unspecified atom stereocenters. The molecule has 246 valence electrons. The minimum Gasteiger partial charge on any atom is -0.457 e. The monoisotopic (exact) mass is 639 g/mol. The van der Waals surface area contributed by atoms with Crippen LogP contribution in [0.4, 0.5) is 4.79 Å². The van der Waals surface area contributed by atoms with Crippen LogP contribution in [0.1, 0.15) is 39.4 Å². The van der Waals surface area contributed by atoms with Gasteiger partial charge in [0, 0.05) is 18.6 Å². The predicted molar refractivity (Wildman–Crippen MR) is 176 cm³/mol. The van der Waals surface area contributed by atoms with Gasteiger partial charge in [-0.05, 0) is 48.9 Å². The number of aliphatic hydroxyl groups is 1. The van der Waals surface area contributed by atoms with Gasteiger partial charge in [0.1, 0.15) is 18.3 Å². The predicted octanol–water partition coefficient (Wildman–Crippen LogP) is 5.84. The standard InChI is InChI=1S/C38H41NO8/c1-27-10-8-15-30(22-27)32-25-35(47-34(32)16-9-18-44-20-21-45-19-17-40)36(41)33(24-29-13-6-3-7-14-29)37(42)39-31(26-46-38(39)43)23-28-11-4-2-5-12-28/h2-8,10-15,22,25,31,33,40H,9,16-21,23-24,26H2,1H3/t31-,33+/m0/s1. The molecule has 1 N–H and O–H groups in total. The SMILES string of the molecule is Cc1cccc(-c2cc(C(=O)[C@@H](Cc3ccccc3)C(=O)N3C(=O)OC[C@@H]3Cc3ccccc3)oc2CCCOCCOCCO)c1. The number of imide groups is 1. The molecule has 2 amide bonds. The van der Waals surface area contributed by atoms with Crippen LogP contribution in [-0.2, 0) is 38.3 Å². The number of aliphatic hydroxyl groups excluding tert-OH is 1. The average Bonchev–Trinajstić information content (AvgIpc) is 3.68. The zero-order valence-corrected chi connectivity index (χ0v) is 26.6. The lowest BCUT2D eigenvalue weighted by Crippen LogP contribution is -2.46. The van der Waals surface area contributed by atoms with Crippen molar-refractivity contribution in [3.63, 3.8) is 0 Å². The molecule has 0 radical (unpaired) electrons. The van der Waals surface area contributed by atoms with Gasteiger partial charge in [-0.3, -0.25) is 9.59 Å². The first kappa shape index (κ1) is 33.8. The molecule has 1 saturated heterocycles. The topological polar surface area (TPSA) is 116 Å². The fourth-order valence-electron chi connectivity index (χ4n) is 5.76. The molecule has 0 aliphatic carbocycles. The molecule has 0 saturated carbocycles. The normalized spacial score (nSPS) is 15.1. The van der Waals surface area contributed by atoms with E-state index in [0.717, 1.165) is 32.7 Å². The highest BCUT2D eigenvalue weighted by Crippen LogP contribution is 2.32. The molecule has 1 fully saturated rings. The Bertz CT molecular complexity index is 1620. The summed E-state index contributed by atoms with van der Waals surface area (Å²) in [5, 5.41) is 8.84. The van der Waals surface area contributed by atoms with Crippen LogP contribution in [0.2, 0.25) is 0 Å². The number of amides is 2. The van der Waals surface area contributed by atoms with Gasteiger partial charge in [0.15, 0.2) is 5.76 Å². The number of benzene rings is 3. The van der Waals surface area contributed by atoms with Crippen molar-refractivity contribution in [1.82, 2.24) is 4.90 Å². The van der Waals surface area contributed by atoms with Crippen LogP contribution >= 0.6 is 0 Å². The molecule has 0 spiro atoms. The third-order valence-corrected chi connectivity index (χ3v) is 8.09. The molecule has 2 heterocycles. The van der Waals surface area contributed by atoms with Crippen LogP contribution in [-0.4, -0.2) is 73.5 Å². The zero-order valence-electron chi connectivity index (χ0n) is 26.6. The molecule has 9 nitrogen and oxygen atoms in total. The Balaban J connectivity index is 1.41. The van der Waals surface area contributed by atoms with Gasteiger partial charge in [-0.25, -0.2) is 9.69 Å². The molecule has 0 bridgehead atoms. The second-order valence-corrected chi connectivity index (χ2v) is 11.6. The number of ketones is 1. The number of hydrogen-bond acceptors (Lipinski definition) is 8. The first-order chi connectivity index (χ1) is 22.9. The quantitative estimate of drug-likeness (QED) is 0.0870. The van der Waals surface area contributed by atoms with Crippen LogP contribution in [0.5, 0.6) is 0 Å². The Hall–Kier alpha value is -4.57. The first-order valence-electron chi connectivity index (χ1n) is 16.0. The molecular formula is C38H41NO8. The van der Waals surface area contributed by atoms with Gasteiger partial charge in [-0.1, -0.05) is 90.5 Å². The third kappa shape index (κ3) is 9.04. The fraction of sp³-hybridized carbons (Fsp3) is 0.342. The van der Waals surface area contributed by atoms with E-state index in [1.807, 2.05) is 91.9 Å². The Kier molecular flexibility index (Phi) is 12.1. The van der Waals surface area contributed by atoms with Gasteiger partial charge < -0.3 is 23.7 Å². The summed E-state index contributed by atoms with van der Waals surface area (Å²) in [6, 6.07) is 28.0. The highest BCUT2D eigenvalue weighted by Gasteiger charge is 2.44. The number of hydrogen-bond donors (Lipinski definition) is 1. The maximum atomic E-state index is 14.3. The molecule has 1 aromatic heterocycles. The molecule has 1 aliphatic rings. The summed E-state index contributed by atoms with van der Waals surface area (Å²) in [5.41, 5.74) is 4.48. The molecule has 1 aliphatic heterocycles. The number of Topliss-reactive ketones (excluding diaryl/α,β-unsaturated/α-hetero) is 1. The van der Waals surface area contributed by atoms with Crippen molar-refractivity contribution < 1.29 is 38.1 Å². The molecule has 9 heteroatoms. The lowest BCUT2D eigenvalue weighted by molar-refractivity contribution is -0.131.